The Balaban J connectivity index is 1.54. The molecule has 106 valence electrons. The van der Waals surface area contributed by atoms with Gasteiger partial charge in [0.2, 0.25) is 0 Å². The predicted octanol–water partition coefficient (Wildman–Crippen LogP) is 4.28. The van der Waals surface area contributed by atoms with Crippen molar-refractivity contribution >= 4 is 34.5 Å². The Morgan fingerprint density at radius 1 is 1.25 bits per heavy atom. The number of nitrogens with one attached hydrogen (secondary N) is 1. The van der Waals surface area contributed by atoms with E-state index in [1.165, 1.54) is 12.8 Å². The first-order valence-corrected chi connectivity index (χ1v) is 8.08. The number of aromatic nitrogens is 1. The SMILES string of the molecule is Clc1cc(Cl)cc(OCc2csc(CNC3CC3)n2)c1. The second kappa shape index (κ2) is 6.31. The zero-order chi connectivity index (χ0) is 13.9. The van der Waals surface area contributed by atoms with Crippen LogP contribution in [0, 0.1) is 0 Å². The molecule has 1 fully saturated rings. The molecule has 1 saturated carbocycles. The normalized spacial score (nSPS) is 14.5. The molecule has 3 rings (SSSR count). The Labute approximate surface area is 131 Å². The molecule has 1 N–H and O–H groups in total. The molecule has 2 aromatic rings. The maximum atomic E-state index is 5.93. The summed E-state index contributed by atoms with van der Waals surface area (Å²) < 4.78 is 5.66. The van der Waals surface area contributed by atoms with Crippen molar-refractivity contribution in [3.63, 3.8) is 0 Å². The van der Waals surface area contributed by atoms with Crippen LogP contribution < -0.4 is 10.1 Å². The molecule has 3 nitrogen and oxygen atoms in total. The van der Waals surface area contributed by atoms with Crippen LogP contribution in [-0.2, 0) is 13.2 Å². The van der Waals surface area contributed by atoms with Gasteiger partial charge in [-0.15, -0.1) is 11.3 Å². The quantitative estimate of drug-likeness (QED) is 0.859. The Morgan fingerprint density at radius 2 is 2.00 bits per heavy atom. The molecule has 20 heavy (non-hydrogen) atoms. The van der Waals surface area contributed by atoms with Crippen molar-refractivity contribution in [1.82, 2.24) is 10.3 Å². The molecule has 0 amide bonds. The maximum Gasteiger partial charge on any atom is 0.131 e. The highest BCUT2D eigenvalue weighted by Crippen LogP contribution is 2.25. The summed E-state index contributed by atoms with van der Waals surface area (Å²) in [7, 11) is 0. The largest absolute Gasteiger partial charge is 0.487 e. The third-order valence-corrected chi connectivity index (χ3v) is 4.28. The van der Waals surface area contributed by atoms with Gasteiger partial charge in [0.1, 0.15) is 17.4 Å². The predicted molar refractivity (Wildman–Crippen MR) is 82.8 cm³/mol. The van der Waals surface area contributed by atoms with E-state index >= 15 is 0 Å². The molecule has 1 aliphatic rings. The number of halogens is 2. The monoisotopic (exact) mass is 328 g/mol. The summed E-state index contributed by atoms with van der Waals surface area (Å²) in [6.45, 7) is 1.27. The van der Waals surface area contributed by atoms with Gasteiger partial charge in [0.25, 0.3) is 0 Å². The molecule has 0 aliphatic heterocycles. The van der Waals surface area contributed by atoms with Crippen LogP contribution in [0.15, 0.2) is 23.6 Å². The van der Waals surface area contributed by atoms with Crippen molar-refractivity contribution in [2.45, 2.75) is 32.0 Å². The third-order valence-electron chi connectivity index (χ3n) is 2.94. The van der Waals surface area contributed by atoms with Gasteiger partial charge in [-0.1, -0.05) is 23.2 Å². The van der Waals surface area contributed by atoms with Crippen molar-refractivity contribution in [3.05, 3.63) is 44.3 Å². The van der Waals surface area contributed by atoms with Crippen LogP contribution in [0.2, 0.25) is 10.0 Å². The van der Waals surface area contributed by atoms with E-state index in [0.717, 1.165) is 17.2 Å². The fraction of sp³-hybridized carbons (Fsp3) is 0.357. The maximum absolute atomic E-state index is 5.93. The van der Waals surface area contributed by atoms with Gasteiger partial charge in [-0.2, -0.15) is 0 Å². The van der Waals surface area contributed by atoms with Crippen molar-refractivity contribution in [3.8, 4) is 5.75 Å². The smallest absolute Gasteiger partial charge is 0.131 e. The summed E-state index contributed by atoms with van der Waals surface area (Å²) in [5, 5.41) is 7.71. The lowest BCUT2D eigenvalue weighted by Gasteiger charge is -2.05. The van der Waals surface area contributed by atoms with E-state index in [4.69, 9.17) is 27.9 Å². The van der Waals surface area contributed by atoms with E-state index in [2.05, 4.69) is 10.3 Å². The van der Waals surface area contributed by atoms with Crippen molar-refractivity contribution in [1.29, 1.82) is 0 Å². The van der Waals surface area contributed by atoms with Crippen LogP contribution in [0.5, 0.6) is 5.75 Å². The Hall–Kier alpha value is -0.810. The summed E-state index contributed by atoms with van der Waals surface area (Å²) in [4.78, 5) is 4.53. The Kier molecular flexibility index (Phi) is 4.46. The van der Waals surface area contributed by atoms with Gasteiger partial charge >= 0.3 is 0 Å². The molecule has 0 saturated heterocycles. The number of nitrogens with zero attached hydrogens (tertiary/aromatic N) is 1. The number of ether oxygens (including phenoxy) is 1. The second-order valence-electron chi connectivity index (χ2n) is 4.78. The Morgan fingerprint density at radius 3 is 2.70 bits per heavy atom. The summed E-state index contributed by atoms with van der Waals surface area (Å²) in [6, 6.07) is 5.87. The first-order valence-electron chi connectivity index (χ1n) is 6.44. The van der Waals surface area contributed by atoms with Gasteiger partial charge in [-0.25, -0.2) is 4.98 Å². The van der Waals surface area contributed by atoms with Crippen LogP contribution in [0.25, 0.3) is 0 Å². The van der Waals surface area contributed by atoms with E-state index in [1.807, 2.05) is 5.38 Å². The topological polar surface area (TPSA) is 34.1 Å². The highest BCUT2D eigenvalue weighted by molar-refractivity contribution is 7.09. The second-order valence-corrected chi connectivity index (χ2v) is 6.60. The first-order chi connectivity index (χ1) is 9.69. The van der Waals surface area contributed by atoms with E-state index in [1.54, 1.807) is 29.5 Å². The molecule has 0 unspecified atom stereocenters. The molecule has 0 spiro atoms. The van der Waals surface area contributed by atoms with Crippen LogP contribution in [0.3, 0.4) is 0 Å². The van der Waals surface area contributed by atoms with E-state index in [9.17, 15) is 0 Å². The average Bonchev–Trinajstić information content (AvgIpc) is 3.12. The molecular weight excluding hydrogens is 315 g/mol. The summed E-state index contributed by atoms with van der Waals surface area (Å²) in [5.41, 5.74) is 0.929. The Bertz CT molecular complexity index is 578. The van der Waals surface area contributed by atoms with Crippen molar-refractivity contribution in [2.75, 3.05) is 0 Å². The molecular formula is C14H14Cl2N2OS. The minimum Gasteiger partial charge on any atom is -0.487 e. The zero-order valence-electron chi connectivity index (χ0n) is 10.7. The minimum atomic E-state index is 0.427. The third kappa shape index (κ3) is 4.09. The van der Waals surface area contributed by atoms with Gasteiger partial charge in [0.15, 0.2) is 0 Å². The zero-order valence-corrected chi connectivity index (χ0v) is 13.1. The first kappa shape index (κ1) is 14.1. The van der Waals surface area contributed by atoms with Gasteiger partial charge in [0, 0.05) is 28.0 Å². The summed E-state index contributed by atoms with van der Waals surface area (Å²) >= 11 is 13.5. The highest BCUT2D eigenvalue weighted by Gasteiger charge is 2.20. The van der Waals surface area contributed by atoms with Crippen LogP contribution in [-0.4, -0.2) is 11.0 Å². The van der Waals surface area contributed by atoms with Gasteiger partial charge in [-0.3, -0.25) is 0 Å². The molecule has 0 radical (unpaired) electrons. The fourth-order valence-corrected chi connectivity index (χ4v) is 3.02. The standard InChI is InChI=1S/C14H14Cl2N2OS/c15-9-3-10(16)5-13(4-9)19-7-12-8-20-14(18-12)6-17-11-1-2-11/h3-5,8,11,17H,1-2,6-7H2. The van der Waals surface area contributed by atoms with Gasteiger partial charge < -0.3 is 10.1 Å². The molecule has 1 heterocycles. The van der Waals surface area contributed by atoms with Gasteiger partial charge in [-0.05, 0) is 31.0 Å². The molecule has 1 aliphatic carbocycles. The lowest BCUT2D eigenvalue weighted by atomic mass is 10.3. The molecule has 0 atom stereocenters. The van der Waals surface area contributed by atoms with E-state index < -0.39 is 0 Å². The average molecular weight is 329 g/mol. The lowest BCUT2D eigenvalue weighted by molar-refractivity contribution is 0.302. The minimum absolute atomic E-state index is 0.427. The van der Waals surface area contributed by atoms with Crippen LogP contribution >= 0.6 is 34.5 Å². The molecule has 6 heteroatoms. The van der Waals surface area contributed by atoms with Crippen LogP contribution in [0.1, 0.15) is 23.5 Å². The van der Waals surface area contributed by atoms with Crippen molar-refractivity contribution in [2.24, 2.45) is 0 Å². The molecule has 1 aromatic carbocycles. The number of thiazole rings is 1. The summed E-state index contributed by atoms with van der Waals surface area (Å²) in [6.07, 6.45) is 2.58. The van der Waals surface area contributed by atoms with E-state index in [0.29, 0.717) is 28.4 Å². The summed E-state index contributed by atoms with van der Waals surface area (Å²) in [5.74, 6) is 0.660. The number of benzene rings is 1. The molecule has 1 aromatic heterocycles. The number of hydrogen-bond acceptors (Lipinski definition) is 4. The highest BCUT2D eigenvalue weighted by atomic mass is 35.5. The van der Waals surface area contributed by atoms with Gasteiger partial charge in [0.05, 0.1) is 5.69 Å². The molecule has 0 bridgehead atoms. The fourth-order valence-electron chi connectivity index (χ4n) is 1.78. The van der Waals surface area contributed by atoms with E-state index in [-0.39, 0.29) is 0 Å². The number of hydrogen-bond donors (Lipinski definition) is 1. The number of rotatable bonds is 6. The lowest BCUT2D eigenvalue weighted by Crippen LogP contribution is -2.15. The van der Waals surface area contributed by atoms with Crippen LogP contribution in [0.4, 0.5) is 0 Å². The van der Waals surface area contributed by atoms with Crippen molar-refractivity contribution < 1.29 is 4.74 Å².